The van der Waals surface area contributed by atoms with Gasteiger partial charge in [0.1, 0.15) is 11.8 Å². The summed E-state index contributed by atoms with van der Waals surface area (Å²) in [5.41, 5.74) is 1.42. The number of hydrogen-bond donors (Lipinski definition) is 0. The van der Waals surface area contributed by atoms with E-state index in [4.69, 9.17) is 11.7 Å². The topological polar surface area (TPSA) is 49.6 Å². The molecule has 0 aliphatic rings. The highest BCUT2D eigenvalue weighted by Gasteiger charge is 2.02. The van der Waals surface area contributed by atoms with Crippen molar-refractivity contribution in [1.29, 1.82) is 5.26 Å². The molecule has 1 rings (SSSR count). The molecule has 0 bridgehead atoms. The maximum atomic E-state index is 8.65. The molecule has 0 aliphatic carbocycles. The van der Waals surface area contributed by atoms with Gasteiger partial charge >= 0.3 is 0 Å². The van der Waals surface area contributed by atoms with Gasteiger partial charge in [0.25, 0.3) is 0 Å². The molecule has 1 aromatic heterocycles. The largest absolute Gasteiger partial charge is 0.255 e. The van der Waals surface area contributed by atoms with Crippen LogP contribution in [0.15, 0.2) is 6.20 Å². The van der Waals surface area contributed by atoms with Gasteiger partial charge in [-0.3, -0.25) is 4.98 Å². The van der Waals surface area contributed by atoms with Crippen LogP contribution in [0.1, 0.15) is 24.0 Å². The van der Waals surface area contributed by atoms with Crippen LogP contribution in [-0.4, -0.2) is 9.97 Å². The van der Waals surface area contributed by atoms with Crippen LogP contribution in [0.25, 0.3) is 0 Å². The first-order valence-electron chi connectivity index (χ1n) is 3.54. The maximum Gasteiger partial charge on any atom is 0.163 e. The number of hydrogen-bond acceptors (Lipinski definition) is 3. The lowest BCUT2D eigenvalue weighted by molar-refractivity contribution is 0.975. The molecule has 0 saturated carbocycles. The average Bonchev–Trinajstić information content (AvgIpc) is 2.16. The van der Waals surface area contributed by atoms with Gasteiger partial charge in [-0.15, -0.1) is 6.42 Å². The van der Waals surface area contributed by atoms with Crippen molar-refractivity contribution in [3.8, 4) is 18.4 Å². The minimum absolute atomic E-state index is 0.327. The van der Waals surface area contributed by atoms with Crippen molar-refractivity contribution >= 4 is 0 Å². The fourth-order valence-corrected chi connectivity index (χ4v) is 0.832. The van der Waals surface area contributed by atoms with E-state index in [0.717, 1.165) is 0 Å². The molecular formula is C9H7N3. The molecule has 3 nitrogen and oxygen atoms in total. The number of terminal acetylenes is 1. The van der Waals surface area contributed by atoms with Gasteiger partial charge in [0.15, 0.2) is 5.69 Å². The van der Waals surface area contributed by atoms with E-state index >= 15 is 0 Å². The summed E-state index contributed by atoms with van der Waals surface area (Å²) in [5.74, 6) is 2.33. The van der Waals surface area contributed by atoms with E-state index in [9.17, 15) is 0 Å². The van der Waals surface area contributed by atoms with Gasteiger partial charge in [-0.1, -0.05) is 6.92 Å². The zero-order valence-electron chi connectivity index (χ0n) is 6.70. The van der Waals surface area contributed by atoms with Crippen molar-refractivity contribution in [3.63, 3.8) is 0 Å². The SMILES string of the molecule is C#Cc1cnc(CC)c(C#N)n1. The number of rotatable bonds is 1. The molecule has 58 valence electrons. The van der Waals surface area contributed by atoms with Crippen LogP contribution in [0.2, 0.25) is 0 Å². The third kappa shape index (κ3) is 1.41. The van der Waals surface area contributed by atoms with Gasteiger partial charge in [0.2, 0.25) is 0 Å². The molecule has 0 saturated heterocycles. The quantitative estimate of drug-likeness (QED) is 0.569. The van der Waals surface area contributed by atoms with E-state index in [2.05, 4.69) is 15.9 Å². The Morgan fingerprint density at radius 2 is 2.42 bits per heavy atom. The van der Waals surface area contributed by atoms with Crippen molar-refractivity contribution in [1.82, 2.24) is 9.97 Å². The van der Waals surface area contributed by atoms with E-state index < -0.39 is 0 Å². The summed E-state index contributed by atoms with van der Waals surface area (Å²) in [4.78, 5) is 7.93. The molecule has 0 aliphatic heterocycles. The van der Waals surface area contributed by atoms with Crippen molar-refractivity contribution in [2.45, 2.75) is 13.3 Å². The molecule has 1 heterocycles. The molecule has 12 heavy (non-hydrogen) atoms. The Balaban J connectivity index is 3.24. The predicted octanol–water partition coefficient (Wildman–Crippen LogP) is 0.892. The Morgan fingerprint density at radius 1 is 1.67 bits per heavy atom. The molecule has 0 fully saturated rings. The van der Waals surface area contributed by atoms with Crippen LogP contribution >= 0.6 is 0 Å². The van der Waals surface area contributed by atoms with Gasteiger partial charge in [0, 0.05) is 0 Å². The second-order valence-corrected chi connectivity index (χ2v) is 2.16. The summed E-state index contributed by atoms with van der Waals surface area (Å²) < 4.78 is 0. The third-order valence-electron chi connectivity index (χ3n) is 1.44. The van der Waals surface area contributed by atoms with Crippen molar-refractivity contribution in [3.05, 3.63) is 23.3 Å². The zero-order chi connectivity index (χ0) is 8.97. The van der Waals surface area contributed by atoms with Crippen LogP contribution in [0.3, 0.4) is 0 Å². The number of nitriles is 1. The normalized spacial score (nSPS) is 8.58. The number of aromatic nitrogens is 2. The predicted molar refractivity (Wildman–Crippen MR) is 44.1 cm³/mol. The van der Waals surface area contributed by atoms with Crippen molar-refractivity contribution in [2.24, 2.45) is 0 Å². The smallest absolute Gasteiger partial charge is 0.163 e. The van der Waals surface area contributed by atoms with Gasteiger partial charge in [0.05, 0.1) is 11.9 Å². The van der Waals surface area contributed by atoms with E-state index in [1.165, 1.54) is 6.20 Å². The lowest BCUT2D eigenvalue weighted by Gasteiger charge is -1.97. The van der Waals surface area contributed by atoms with Crippen LogP contribution in [0.4, 0.5) is 0 Å². The molecular weight excluding hydrogens is 150 g/mol. The van der Waals surface area contributed by atoms with Gasteiger partial charge in [-0.2, -0.15) is 5.26 Å². The van der Waals surface area contributed by atoms with Gasteiger partial charge in [-0.25, -0.2) is 4.98 Å². The molecule has 0 amide bonds. The molecule has 1 aromatic rings. The van der Waals surface area contributed by atoms with E-state index in [0.29, 0.717) is 23.5 Å². The summed E-state index contributed by atoms with van der Waals surface area (Å²) >= 11 is 0. The average molecular weight is 157 g/mol. The molecule has 0 radical (unpaired) electrons. The first-order chi connectivity index (χ1) is 5.81. The number of aryl methyl sites for hydroxylation is 1. The molecule has 0 spiro atoms. The van der Waals surface area contributed by atoms with Gasteiger partial charge in [-0.05, 0) is 12.3 Å². The molecule has 0 atom stereocenters. The van der Waals surface area contributed by atoms with Crippen molar-refractivity contribution < 1.29 is 0 Å². The molecule has 0 aromatic carbocycles. The van der Waals surface area contributed by atoms with E-state index in [1.807, 2.05) is 13.0 Å². The maximum absolute atomic E-state index is 8.65. The van der Waals surface area contributed by atoms with Crippen LogP contribution < -0.4 is 0 Å². The second-order valence-electron chi connectivity index (χ2n) is 2.16. The van der Waals surface area contributed by atoms with Crippen LogP contribution in [-0.2, 0) is 6.42 Å². The Morgan fingerprint density at radius 3 is 2.92 bits per heavy atom. The first-order valence-corrected chi connectivity index (χ1v) is 3.54. The highest BCUT2D eigenvalue weighted by atomic mass is 14.8. The highest BCUT2D eigenvalue weighted by Crippen LogP contribution is 2.02. The van der Waals surface area contributed by atoms with Crippen LogP contribution in [0, 0.1) is 23.7 Å². The minimum atomic E-state index is 0.327. The minimum Gasteiger partial charge on any atom is -0.255 e. The number of nitrogens with zero attached hydrogens (tertiary/aromatic N) is 3. The fourth-order valence-electron chi connectivity index (χ4n) is 0.832. The lowest BCUT2D eigenvalue weighted by atomic mass is 10.2. The summed E-state index contributed by atoms with van der Waals surface area (Å²) in [7, 11) is 0. The summed E-state index contributed by atoms with van der Waals surface area (Å²) in [6.45, 7) is 1.92. The summed E-state index contributed by atoms with van der Waals surface area (Å²) in [6.07, 6.45) is 7.30. The van der Waals surface area contributed by atoms with E-state index in [1.54, 1.807) is 0 Å². The second kappa shape index (κ2) is 3.50. The lowest BCUT2D eigenvalue weighted by Crippen LogP contribution is -1.98. The molecule has 0 unspecified atom stereocenters. The summed E-state index contributed by atoms with van der Waals surface area (Å²) in [6, 6.07) is 1.95. The molecule has 3 heteroatoms. The third-order valence-corrected chi connectivity index (χ3v) is 1.44. The van der Waals surface area contributed by atoms with Gasteiger partial charge < -0.3 is 0 Å². The van der Waals surface area contributed by atoms with Crippen LogP contribution in [0.5, 0.6) is 0 Å². The zero-order valence-corrected chi connectivity index (χ0v) is 6.70. The standard InChI is InChI=1S/C9H7N3/c1-3-7-6-11-8(4-2)9(5-10)12-7/h1,6H,4H2,2H3. The Labute approximate surface area is 71.1 Å². The molecule has 0 N–H and O–H groups in total. The highest BCUT2D eigenvalue weighted by molar-refractivity contribution is 5.31. The summed E-state index contributed by atoms with van der Waals surface area (Å²) in [5, 5.41) is 8.65. The fraction of sp³-hybridized carbons (Fsp3) is 0.222. The Hall–Kier alpha value is -1.87. The monoisotopic (exact) mass is 157 g/mol. The van der Waals surface area contributed by atoms with E-state index in [-0.39, 0.29) is 0 Å². The Kier molecular flexibility index (Phi) is 2.40. The Bertz CT molecular complexity index is 368. The van der Waals surface area contributed by atoms with Crippen molar-refractivity contribution in [2.75, 3.05) is 0 Å². The first kappa shape index (κ1) is 8.23.